The van der Waals surface area contributed by atoms with Crippen LogP contribution in [0.5, 0.6) is 0 Å². The first kappa shape index (κ1) is 4.49. The molecule has 0 saturated heterocycles. The van der Waals surface area contributed by atoms with Crippen molar-refractivity contribution in [3.63, 3.8) is 0 Å². The molecule has 1 rings (SSSR count). The molecule has 9 heavy (non-hydrogen) atoms. The first-order valence-electron chi connectivity index (χ1n) is 2.78. The quantitative estimate of drug-likeness (QED) is 0.552. The molecule has 0 radical (unpaired) electrons. The normalized spacial score (nSPS) is 10.4. The minimum atomic E-state index is -0.109. The van der Waals surface area contributed by atoms with Crippen LogP contribution in [-0.2, 0) is 0 Å². The molecule has 0 bridgehead atoms. The Morgan fingerprint density at radius 2 is 2.11 bits per heavy atom. The van der Waals surface area contributed by atoms with E-state index in [1.54, 1.807) is 0 Å². The summed E-state index contributed by atoms with van der Waals surface area (Å²) in [6.45, 7) is 0. The predicted molar refractivity (Wildman–Crippen MR) is 29.5 cm³/mol. The van der Waals surface area contributed by atoms with Crippen molar-refractivity contribution >= 4 is 12.6 Å². The average molecular weight is 125 g/mol. The van der Waals surface area contributed by atoms with Crippen LogP contribution in [0.25, 0.3) is 0 Å². The fourth-order valence-corrected chi connectivity index (χ4v) is 0.444. The molecule has 0 amide bonds. The zero-order chi connectivity index (χ0) is 7.56. The minimum Gasteiger partial charge on any atom is -0.450 e. The van der Waals surface area contributed by atoms with Gasteiger partial charge in [-0.05, 0) is 12.1 Å². The first-order valence-corrected chi connectivity index (χ1v) is 2.28. The Morgan fingerprint density at radius 3 is 2.44 bits per heavy atom. The third kappa shape index (κ3) is 1.05. The van der Waals surface area contributed by atoms with E-state index >= 15 is 0 Å². The summed E-state index contributed by atoms with van der Waals surface area (Å²) in [6, 6.07) is 1.13. The van der Waals surface area contributed by atoms with Crippen LogP contribution >= 0.6 is 0 Å². The number of rotatable bonds is 2. The average Bonchev–Trinajstić information content (AvgIpc) is 2.30. The molecule has 0 atom stereocenters. The molecule has 0 spiro atoms. The van der Waals surface area contributed by atoms with E-state index in [0.29, 0.717) is 12.6 Å². The Kier molecular flexibility index (Phi) is 1.13. The summed E-state index contributed by atoms with van der Waals surface area (Å²) in [5, 5.41) is 0. The molecule has 0 unspecified atom stereocenters. The highest BCUT2D eigenvalue weighted by Crippen LogP contribution is 2.01. The topological polar surface area (TPSA) is 47.3 Å². The van der Waals surface area contributed by atoms with Gasteiger partial charge in [0.05, 0.1) is 1.37 Å². The number of carbonyl (C=O) groups excluding carboxylic acids is 2. The Hall–Kier alpha value is -1.38. The number of hydrogen-bond acceptors (Lipinski definition) is 3. The molecule has 0 saturated carbocycles. The highest BCUT2D eigenvalue weighted by molar-refractivity contribution is 5.75. The van der Waals surface area contributed by atoms with Crippen LogP contribution in [0.4, 0.5) is 0 Å². The molecular formula is C6H4O3. The van der Waals surface area contributed by atoms with Crippen molar-refractivity contribution in [1.82, 2.24) is 0 Å². The highest BCUT2D eigenvalue weighted by Gasteiger charge is 1.96. The van der Waals surface area contributed by atoms with Gasteiger partial charge >= 0.3 is 0 Å². The van der Waals surface area contributed by atoms with Crippen LogP contribution in [-0.4, -0.2) is 12.6 Å². The van der Waals surface area contributed by atoms with E-state index in [-0.39, 0.29) is 17.6 Å². The first-order chi connectivity index (χ1) is 4.77. The lowest BCUT2D eigenvalue weighted by molar-refractivity contribution is 0.108. The fourth-order valence-electron chi connectivity index (χ4n) is 0.444. The second kappa shape index (κ2) is 2.26. The molecule has 3 nitrogen and oxygen atoms in total. The van der Waals surface area contributed by atoms with Gasteiger partial charge in [0.25, 0.3) is 0 Å². The van der Waals surface area contributed by atoms with E-state index < -0.39 is 0 Å². The molecule has 0 aliphatic heterocycles. The van der Waals surface area contributed by atoms with Crippen LogP contribution in [0.1, 0.15) is 22.5 Å². The van der Waals surface area contributed by atoms with Crippen molar-refractivity contribution in [2.45, 2.75) is 0 Å². The molecule has 0 aliphatic rings. The lowest BCUT2D eigenvalue weighted by Gasteiger charge is -1.75. The van der Waals surface area contributed by atoms with Crippen LogP contribution in [0, 0.1) is 0 Å². The maximum Gasteiger partial charge on any atom is 0.185 e. The fraction of sp³-hybridized carbons (Fsp3) is 0. The van der Waals surface area contributed by atoms with Gasteiger partial charge in [-0.3, -0.25) is 9.59 Å². The summed E-state index contributed by atoms with van der Waals surface area (Å²) >= 11 is 0. The van der Waals surface area contributed by atoms with Crippen molar-refractivity contribution in [3.8, 4) is 0 Å². The Labute approximate surface area is 52.7 Å². The largest absolute Gasteiger partial charge is 0.450 e. The van der Waals surface area contributed by atoms with Crippen molar-refractivity contribution < 1.29 is 15.4 Å². The minimum absolute atomic E-state index is 0.00657. The molecule has 0 fully saturated rings. The van der Waals surface area contributed by atoms with Crippen molar-refractivity contribution in [2.75, 3.05) is 0 Å². The molecule has 0 aromatic carbocycles. The van der Waals surface area contributed by atoms with E-state index in [1.165, 1.54) is 6.07 Å². The van der Waals surface area contributed by atoms with Gasteiger partial charge in [0.1, 0.15) is 0 Å². The van der Waals surface area contributed by atoms with Gasteiger partial charge in [-0.2, -0.15) is 0 Å². The SMILES string of the molecule is [2H]c1cc(C=O)oc1C=O. The monoisotopic (exact) mass is 125 g/mol. The zero-order valence-electron chi connectivity index (χ0n) is 5.46. The lowest BCUT2D eigenvalue weighted by Crippen LogP contribution is -1.70. The predicted octanol–water partition coefficient (Wildman–Crippen LogP) is 0.905. The van der Waals surface area contributed by atoms with Crippen LogP contribution in [0.3, 0.4) is 0 Å². The third-order valence-corrected chi connectivity index (χ3v) is 0.808. The molecule has 1 aromatic heterocycles. The van der Waals surface area contributed by atoms with Gasteiger partial charge in [0, 0.05) is 0 Å². The second-order valence-corrected chi connectivity index (χ2v) is 1.39. The van der Waals surface area contributed by atoms with Crippen molar-refractivity contribution in [3.05, 3.63) is 23.6 Å². The standard InChI is InChI=1S/C6H4O3/c7-3-5-1-2-6(4-8)9-5/h1-4H/i1D. The molecule has 1 heterocycles. The van der Waals surface area contributed by atoms with E-state index in [0.717, 1.165) is 0 Å². The van der Waals surface area contributed by atoms with Crippen LogP contribution in [0.15, 0.2) is 16.5 Å². The Balaban J connectivity index is 3.15. The third-order valence-electron chi connectivity index (χ3n) is 0.808. The summed E-state index contributed by atoms with van der Waals surface area (Å²) in [7, 11) is 0. The summed E-state index contributed by atoms with van der Waals surface area (Å²) < 4.78 is 11.6. The van der Waals surface area contributed by atoms with Crippen molar-refractivity contribution in [1.29, 1.82) is 0 Å². The number of aldehydes is 2. The maximum atomic E-state index is 10.0. The van der Waals surface area contributed by atoms with Crippen molar-refractivity contribution in [2.24, 2.45) is 0 Å². The van der Waals surface area contributed by atoms with Gasteiger partial charge in [-0.25, -0.2) is 0 Å². The number of carbonyl (C=O) groups is 2. The molecule has 46 valence electrons. The van der Waals surface area contributed by atoms with Gasteiger partial charge in [0.2, 0.25) is 0 Å². The van der Waals surface area contributed by atoms with Crippen LogP contribution < -0.4 is 0 Å². The van der Waals surface area contributed by atoms with Gasteiger partial charge in [-0.1, -0.05) is 0 Å². The zero-order valence-corrected chi connectivity index (χ0v) is 4.46. The van der Waals surface area contributed by atoms with E-state index in [4.69, 9.17) is 1.37 Å². The summed E-state index contributed by atoms with van der Waals surface area (Å²) in [6.07, 6.45) is 0.848. The number of furan rings is 1. The van der Waals surface area contributed by atoms with Gasteiger partial charge in [0.15, 0.2) is 24.1 Å². The van der Waals surface area contributed by atoms with E-state index in [1.807, 2.05) is 0 Å². The Morgan fingerprint density at radius 1 is 1.44 bits per heavy atom. The second-order valence-electron chi connectivity index (χ2n) is 1.39. The Bertz CT molecular complexity index is 264. The van der Waals surface area contributed by atoms with Gasteiger partial charge in [-0.15, -0.1) is 0 Å². The molecule has 0 aliphatic carbocycles. The smallest absolute Gasteiger partial charge is 0.185 e. The maximum absolute atomic E-state index is 10.0. The lowest BCUT2D eigenvalue weighted by atomic mass is 10.4. The molecule has 3 heteroatoms. The number of hydrogen-bond donors (Lipinski definition) is 0. The van der Waals surface area contributed by atoms with E-state index in [9.17, 15) is 9.59 Å². The summed E-state index contributed by atoms with van der Waals surface area (Å²) in [4.78, 5) is 20.0. The van der Waals surface area contributed by atoms with E-state index in [2.05, 4.69) is 4.42 Å². The molecule has 1 aromatic rings. The van der Waals surface area contributed by atoms with Gasteiger partial charge < -0.3 is 4.42 Å². The summed E-state index contributed by atoms with van der Waals surface area (Å²) in [5.41, 5.74) is 0. The highest BCUT2D eigenvalue weighted by atomic mass is 16.4. The summed E-state index contributed by atoms with van der Waals surface area (Å²) in [5.74, 6) is -0.103. The molecular weight excluding hydrogens is 120 g/mol. The molecule has 0 N–H and O–H groups in total. The van der Waals surface area contributed by atoms with Crippen LogP contribution in [0.2, 0.25) is 0 Å².